The summed E-state index contributed by atoms with van der Waals surface area (Å²) in [5.74, 6) is 0. The Morgan fingerprint density at radius 3 is 2.43 bits per heavy atom. The zero-order chi connectivity index (χ0) is 10.6. The van der Waals surface area contributed by atoms with E-state index in [0.29, 0.717) is 11.6 Å². The predicted molar refractivity (Wildman–Crippen MR) is 52.3 cm³/mol. The Morgan fingerprint density at radius 1 is 1.36 bits per heavy atom. The fourth-order valence-corrected chi connectivity index (χ4v) is 1.20. The minimum absolute atomic E-state index is 0.0371. The molecular formula is C9H19N3O2. The first-order valence-corrected chi connectivity index (χ1v) is 5.04. The Hall–Kier alpha value is -1.00. The van der Waals surface area contributed by atoms with Crippen LogP contribution in [0.15, 0.2) is 5.28 Å². The van der Waals surface area contributed by atoms with Gasteiger partial charge in [-0.05, 0) is 18.3 Å². The highest BCUT2D eigenvalue weighted by atomic mass is 16.7. The van der Waals surface area contributed by atoms with Crippen molar-refractivity contribution in [2.24, 2.45) is 10.7 Å². The molecule has 0 amide bonds. The lowest BCUT2D eigenvalue weighted by Gasteiger charge is -2.15. The normalized spacial score (nSPS) is 18.8. The summed E-state index contributed by atoms with van der Waals surface area (Å²) >= 11 is 0. The van der Waals surface area contributed by atoms with E-state index in [1.807, 2.05) is 20.8 Å². The molecule has 0 aromatic rings. The summed E-state index contributed by atoms with van der Waals surface area (Å²) in [6.45, 7) is 8.13. The molecule has 1 saturated heterocycles. The van der Waals surface area contributed by atoms with E-state index in [0.717, 1.165) is 25.9 Å². The summed E-state index contributed by atoms with van der Waals surface area (Å²) in [7, 11) is 0. The van der Waals surface area contributed by atoms with Crippen molar-refractivity contribution in [1.82, 2.24) is 5.01 Å². The van der Waals surface area contributed by atoms with E-state index in [9.17, 15) is 5.21 Å². The molecule has 0 aliphatic carbocycles. The molecular weight excluding hydrogens is 182 g/mol. The molecule has 0 aromatic carbocycles. The third kappa shape index (κ3) is 3.81. The van der Waals surface area contributed by atoms with Gasteiger partial charge in [-0.2, -0.15) is 0 Å². The second-order valence-electron chi connectivity index (χ2n) is 4.83. The Bertz CT molecular complexity index is 205. The van der Waals surface area contributed by atoms with Gasteiger partial charge in [0.2, 0.25) is 5.28 Å². The monoisotopic (exact) mass is 201 g/mol. The fraction of sp³-hybridized carbons (Fsp3) is 1.00. The summed E-state index contributed by atoms with van der Waals surface area (Å²) in [5.41, 5.74) is 0.0371. The molecule has 5 nitrogen and oxygen atoms in total. The van der Waals surface area contributed by atoms with Gasteiger partial charge in [-0.15, -0.1) is 5.01 Å². The minimum Gasteiger partial charge on any atom is -0.569 e. The molecule has 0 aromatic heterocycles. The molecule has 1 heterocycles. The van der Waals surface area contributed by atoms with Crippen LogP contribution < -0.4 is 0 Å². The average molecular weight is 201 g/mol. The van der Waals surface area contributed by atoms with E-state index in [1.54, 1.807) is 5.01 Å². The van der Waals surface area contributed by atoms with Crippen molar-refractivity contribution in [1.29, 1.82) is 0 Å². The summed E-state index contributed by atoms with van der Waals surface area (Å²) in [5, 5.41) is 16.4. The maximum atomic E-state index is 11.3. The maximum Gasteiger partial charge on any atom is 0.233 e. The van der Waals surface area contributed by atoms with Crippen LogP contribution in [-0.4, -0.2) is 29.7 Å². The largest absolute Gasteiger partial charge is 0.569 e. The lowest BCUT2D eigenvalue weighted by Crippen LogP contribution is -2.27. The van der Waals surface area contributed by atoms with Crippen molar-refractivity contribution in [2.75, 3.05) is 19.7 Å². The van der Waals surface area contributed by atoms with Crippen LogP contribution in [0.5, 0.6) is 0 Å². The summed E-state index contributed by atoms with van der Waals surface area (Å²) < 4.78 is 0. The number of hydrazine groups is 1. The van der Waals surface area contributed by atoms with Crippen LogP contribution in [0.2, 0.25) is 0 Å². The standard InChI is InChI=1S/C9H19N3O2/c1-9(2,3)8-14-10-12(13)11-6-4-5-7-11/h4-8H2,1-3H3/b12-10-. The summed E-state index contributed by atoms with van der Waals surface area (Å²) in [6, 6.07) is 0. The van der Waals surface area contributed by atoms with Crippen LogP contribution in [0.4, 0.5) is 0 Å². The van der Waals surface area contributed by atoms with Crippen LogP contribution in [0.3, 0.4) is 0 Å². The van der Waals surface area contributed by atoms with E-state index in [-0.39, 0.29) is 5.41 Å². The number of nitrogens with zero attached hydrogens (tertiary/aromatic N) is 3. The van der Waals surface area contributed by atoms with Crippen LogP contribution in [0.25, 0.3) is 0 Å². The van der Waals surface area contributed by atoms with Crippen LogP contribution in [-0.2, 0) is 4.84 Å². The van der Waals surface area contributed by atoms with Crippen molar-refractivity contribution in [2.45, 2.75) is 33.6 Å². The van der Waals surface area contributed by atoms with Gasteiger partial charge in [-0.3, -0.25) is 0 Å². The quantitative estimate of drug-likeness (QED) is 0.398. The van der Waals surface area contributed by atoms with E-state index in [1.165, 1.54) is 0 Å². The molecule has 0 radical (unpaired) electrons. The molecule has 0 atom stereocenters. The molecule has 1 aliphatic rings. The van der Waals surface area contributed by atoms with Crippen molar-refractivity contribution in [3.8, 4) is 0 Å². The smallest absolute Gasteiger partial charge is 0.233 e. The number of rotatable bonds is 3. The topological polar surface area (TPSA) is 50.9 Å². The number of hydrogen-bond acceptors (Lipinski definition) is 3. The SMILES string of the molecule is CC(C)(C)CO/N=[N+](\[O-])N1CCCC1. The van der Waals surface area contributed by atoms with Gasteiger partial charge in [0.15, 0.2) is 0 Å². The molecule has 0 unspecified atom stereocenters. The average Bonchev–Trinajstić information content (AvgIpc) is 2.53. The van der Waals surface area contributed by atoms with Crippen LogP contribution in [0, 0.1) is 10.6 Å². The van der Waals surface area contributed by atoms with Gasteiger partial charge >= 0.3 is 0 Å². The van der Waals surface area contributed by atoms with Crippen molar-refractivity contribution < 1.29 is 9.81 Å². The third-order valence-electron chi connectivity index (χ3n) is 1.95. The lowest BCUT2D eigenvalue weighted by molar-refractivity contribution is -0.707. The minimum atomic E-state index is 0.0371. The zero-order valence-corrected chi connectivity index (χ0v) is 9.19. The van der Waals surface area contributed by atoms with Gasteiger partial charge in [-0.1, -0.05) is 20.8 Å². The molecule has 14 heavy (non-hydrogen) atoms. The fourth-order valence-electron chi connectivity index (χ4n) is 1.20. The van der Waals surface area contributed by atoms with Gasteiger partial charge in [0.25, 0.3) is 0 Å². The zero-order valence-electron chi connectivity index (χ0n) is 9.19. The highest BCUT2D eigenvalue weighted by Crippen LogP contribution is 2.13. The first-order valence-electron chi connectivity index (χ1n) is 5.04. The van der Waals surface area contributed by atoms with Gasteiger partial charge in [0.05, 0.1) is 18.1 Å². The van der Waals surface area contributed by atoms with Crippen molar-refractivity contribution >= 4 is 0 Å². The molecule has 0 spiro atoms. The van der Waals surface area contributed by atoms with Crippen LogP contribution in [0.1, 0.15) is 33.6 Å². The molecule has 82 valence electrons. The third-order valence-corrected chi connectivity index (χ3v) is 1.95. The van der Waals surface area contributed by atoms with Crippen LogP contribution >= 0.6 is 0 Å². The van der Waals surface area contributed by atoms with E-state index >= 15 is 0 Å². The summed E-state index contributed by atoms with van der Waals surface area (Å²) in [6.07, 6.45) is 2.13. The molecule has 0 N–H and O–H groups in total. The second kappa shape index (κ2) is 4.48. The van der Waals surface area contributed by atoms with Crippen molar-refractivity contribution in [3.63, 3.8) is 0 Å². The second-order valence-corrected chi connectivity index (χ2v) is 4.83. The van der Waals surface area contributed by atoms with Gasteiger partial charge in [0.1, 0.15) is 6.61 Å². The van der Waals surface area contributed by atoms with E-state index in [2.05, 4.69) is 5.28 Å². The van der Waals surface area contributed by atoms with Gasteiger partial charge in [-0.25, -0.2) is 0 Å². The predicted octanol–water partition coefficient (Wildman–Crippen LogP) is 1.94. The lowest BCUT2D eigenvalue weighted by atomic mass is 9.99. The molecule has 1 fully saturated rings. The first kappa shape index (κ1) is 11.1. The highest BCUT2D eigenvalue weighted by Gasteiger charge is 2.19. The van der Waals surface area contributed by atoms with E-state index < -0.39 is 0 Å². The first-order chi connectivity index (χ1) is 6.49. The number of hydrogen-bond donors (Lipinski definition) is 0. The van der Waals surface area contributed by atoms with Gasteiger partial charge in [0, 0.05) is 0 Å². The maximum absolute atomic E-state index is 11.3. The Kier molecular flexibility index (Phi) is 3.55. The molecule has 1 rings (SSSR count). The highest BCUT2D eigenvalue weighted by molar-refractivity contribution is 4.57. The molecule has 0 saturated carbocycles. The molecule has 1 aliphatic heterocycles. The molecule has 5 heteroatoms. The summed E-state index contributed by atoms with van der Waals surface area (Å²) in [4.78, 5) is 5.54. The van der Waals surface area contributed by atoms with E-state index in [4.69, 9.17) is 4.84 Å². The van der Waals surface area contributed by atoms with Crippen molar-refractivity contribution in [3.05, 3.63) is 5.21 Å². The Balaban J connectivity index is 2.29. The van der Waals surface area contributed by atoms with Gasteiger partial charge < -0.3 is 10.0 Å². The Morgan fingerprint density at radius 2 is 1.93 bits per heavy atom. The molecule has 0 bridgehead atoms. The Labute approximate surface area is 84.9 Å².